The lowest BCUT2D eigenvalue weighted by Gasteiger charge is -2.03. The Kier molecular flexibility index (Phi) is 2.49. The Labute approximate surface area is 81.8 Å². The summed E-state index contributed by atoms with van der Waals surface area (Å²) >= 11 is 0. The highest BCUT2D eigenvalue weighted by molar-refractivity contribution is 5.43. The van der Waals surface area contributed by atoms with Gasteiger partial charge < -0.3 is 10.3 Å². The molecule has 3 heteroatoms. The van der Waals surface area contributed by atoms with Gasteiger partial charge in [0.15, 0.2) is 0 Å². The van der Waals surface area contributed by atoms with E-state index in [9.17, 15) is 4.39 Å². The number of aromatic nitrogens is 1. The summed E-state index contributed by atoms with van der Waals surface area (Å²) in [4.78, 5) is 2.98. The van der Waals surface area contributed by atoms with E-state index >= 15 is 0 Å². The predicted molar refractivity (Wildman–Crippen MR) is 54.5 cm³/mol. The fraction of sp³-hybridized carbons (Fsp3) is 0.0909. The number of anilines is 1. The molecule has 1 heterocycles. The Bertz CT molecular complexity index is 378. The van der Waals surface area contributed by atoms with E-state index in [4.69, 9.17) is 0 Å². The van der Waals surface area contributed by atoms with Crippen LogP contribution < -0.4 is 5.32 Å². The van der Waals surface area contributed by atoms with Crippen LogP contribution in [0.25, 0.3) is 0 Å². The van der Waals surface area contributed by atoms with Gasteiger partial charge in [-0.05, 0) is 35.9 Å². The summed E-state index contributed by atoms with van der Waals surface area (Å²) in [6.45, 7) is 0.745. The number of hydrogen-bond acceptors (Lipinski definition) is 1. The molecule has 2 aromatic rings. The molecule has 0 aliphatic carbocycles. The third-order valence-electron chi connectivity index (χ3n) is 2.00. The molecule has 0 radical (unpaired) electrons. The van der Waals surface area contributed by atoms with Crippen LogP contribution in [0.5, 0.6) is 0 Å². The second-order valence-electron chi connectivity index (χ2n) is 3.08. The molecule has 0 aliphatic heterocycles. The average Bonchev–Trinajstić information content (AvgIpc) is 2.70. The van der Waals surface area contributed by atoms with E-state index in [0.29, 0.717) is 0 Å². The maximum atomic E-state index is 12.6. The van der Waals surface area contributed by atoms with Crippen LogP contribution >= 0.6 is 0 Å². The van der Waals surface area contributed by atoms with E-state index in [1.165, 1.54) is 17.7 Å². The normalized spacial score (nSPS) is 10.1. The van der Waals surface area contributed by atoms with Crippen LogP contribution in [0.4, 0.5) is 10.1 Å². The number of aromatic amines is 1. The molecule has 0 fully saturated rings. The van der Waals surface area contributed by atoms with Crippen molar-refractivity contribution >= 4 is 5.69 Å². The van der Waals surface area contributed by atoms with Crippen molar-refractivity contribution in [2.45, 2.75) is 6.54 Å². The molecule has 2 N–H and O–H groups in total. The van der Waals surface area contributed by atoms with Gasteiger partial charge in [-0.25, -0.2) is 4.39 Å². The van der Waals surface area contributed by atoms with E-state index in [1.807, 2.05) is 18.5 Å². The van der Waals surface area contributed by atoms with E-state index in [-0.39, 0.29) is 5.82 Å². The smallest absolute Gasteiger partial charge is 0.123 e. The minimum absolute atomic E-state index is 0.211. The van der Waals surface area contributed by atoms with Crippen molar-refractivity contribution in [2.75, 3.05) is 5.32 Å². The molecule has 0 bridgehead atoms. The molecular weight excluding hydrogens is 179 g/mol. The van der Waals surface area contributed by atoms with Crippen molar-refractivity contribution < 1.29 is 4.39 Å². The second kappa shape index (κ2) is 3.96. The molecule has 0 spiro atoms. The molecule has 0 aliphatic rings. The van der Waals surface area contributed by atoms with Crippen LogP contribution in [0.1, 0.15) is 5.56 Å². The first-order chi connectivity index (χ1) is 6.84. The van der Waals surface area contributed by atoms with Gasteiger partial charge >= 0.3 is 0 Å². The molecule has 14 heavy (non-hydrogen) atoms. The van der Waals surface area contributed by atoms with Crippen molar-refractivity contribution in [1.82, 2.24) is 4.98 Å². The molecule has 0 atom stereocenters. The largest absolute Gasteiger partial charge is 0.381 e. The quantitative estimate of drug-likeness (QED) is 0.765. The van der Waals surface area contributed by atoms with Gasteiger partial charge in [-0.1, -0.05) is 0 Å². The zero-order valence-corrected chi connectivity index (χ0v) is 7.63. The molecule has 1 aromatic heterocycles. The van der Waals surface area contributed by atoms with Gasteiger partial charge in [-0.2, -0.15) is 0 Å². The lowest BCUT2D eigenvalue weighted by molar-refractivity contribution is 0.628. The van der Waals surface area contributed by atoms with Crippen LogP contribution in [-0.4, -0.2) is 4.98 Å². The molecule has 0 amide bonds. The summed E-state index contributed by atoms with van der Waals surface area (Å²) in [7, 11) is 0. The number of nitrogens with one attached hydrogen (secondary N) is 2. The minimum atomic E-state index is -0.211. The van der Waals surface area contributed by atoms with Gasteiger partial charge in [0.25, 0.3) is 0 Å². The minimum Gasteiger partial charge on any atom is -0.381 e. The van der Waals surface area contributed by atoms with Crippen LogP contribution in [-0.2, 0) is 6.54 Å². The third kappa shape index (κ3) is 2.13. The Balaban J connectivity index is 1.95. The standard InChI is InChI=1S/C11H11FN2/c12-10-1-3-11(4-2-10)14-8-9-5-6-13-7-9/h1-7,13-14H,8H2. The topological polar surface area (TPSA) is 27.8 Å². The number of hydrogen-bond donors (Lipinski definition) is 2. The van der Waals surface area contributed by atoms with Crippen molar-refractivity contribution in [2.24, 2.45) is 0 Å². The summed E-state index contributed by atoms with van der Waals surface area (Å²) in [5, 5.41) is 3.19. The van der Waals surface area contributed by atoms with Crippen LogP contribution in [0.2, 0.25) is 0 Å². The predicted octanol–water partition coefficient (Wildman–Crippen LogP) is 2.77. The zero-order valence-electron chi connectivity index (χ0n) is 7.63. The first kappa shape index (κ1) is 8.81. The first-order valence-electron chi connectivity index (χ1n) is 4.46. The van der Waals surface area contributed by atoms with Gasteiger partial charge in [-0.15, -0.1) is 0 Å². The van der Waals surface area contributed by atoms with E-state index in [1.54, 1.807) is 12.1 Å². The van der Waals surface area contributed by atoms with Gasteiger partial charge in [0.1, 0.15) is 5.82 Å². The van der Waals surface area contributed by atoms with Crippen LogP contribution in [0, 0.1) is 5.82 Å². The molecule has 2 rings (SSSR count). The highest BCUT2D eigenvalue weighted by atomic mass is 19.1. The molecule has 0 unspecified atom stereocenters. The second-order valence-corrected chi connectivity index (χ2v) is 3.08. The fourth-order valence-electron chi connectivity index (χ4n) is 1.24. The summed E-state index contributed by atoms with van der Waals surface area (Å²) < 4.78 is 12.6. The Morgan fingerprint density at radius 3 is 2.57 bits per heavy atom. The Morgan fingerprint density at radius 1 is 1.14 bits per heavy atom. The van der Waals surface area contributed by atoms with E-state index in [0.717, 1.165) is 12.2 Å². The van der Waals surface area contributed by atoms with Crippen molar-refractivity contribution in [3.8, 4) is 0 Å². The lowest BCUT2D eigenvalue weighted by atomic mass is 10.3. The lowest BCUT2D eigenvalue weighted by Crippen LogP contribution is -1.97. The third-order valence-corrected chi connectivity index (χ3v) is 2.00. The summed E-state index contributed by atoms with van der Waals surface area (Å²) in [5.74, 6) is -0.211. The summed E-state index contributed by atoms with van der Waals surface area (Å²) in [6, 6.07) is 8.33. The monoisotopic (exact) mass is 190 g/mol. The highest BCUT2D eigenvalue weighted by Crippen LogP contribution is 2.09. The number of benzene rings is 1. The van der Waals surface area contributed by atoms with Crippen molar-refractivity contribution in [3.05, 3.63) is 54.1 Å². The van der Waals surface area contributed by atoms with E-state index < -0.39 is 0 Å². The first-order valence-corrected chi connectivity index (χ1v) is 4.46. The Morgan fingerprint density at radius 2 is 1.93 bits per heavy atom. The average molecular weight is 190 g/mol. The van der Waals surface area contributed by atoms with Crippen LogP contribution in [0.3, 0.4) is 0 Å². The molecule has 1 aromatic carbocycles. The molecule has 72 valence electrons. The van der Waals surface area contributed by atoms with Gasteiger partial charge in [0.05, 0.1) is 0 Å². The summed E-state index contributed by atoms with van der Waals surface area (Å²) in [6.07, 6.45) is 3.80. The molecule has 0 saturated carbocycles. The fourth-order valence-corrected chi connectivity index (χ4v) is 1.24. The van der Waals surface area contributed by atoms with Crippen LogP contribution in [0.15, 0.2) is 42.7 Å². The van der Waals surface area contributed by atoms with Gasteiger partial charge in [0, 0.05) is 24.6 Å². The number of halogens is 1. The number of rotatable bonds is 3. The Hall–Kier alpha value is -1.77. The maximum Gasteiger partial charge on any atom is 0.123 e. The molecule has 2 nitrogen and oxygen atoms in total. The number of H-pyrrole nitrogens is 1. The summed E-state index contributed by atoms with van der Waals surface area (Å²) in [5.41, 5.74) is 2.10. The van der Waals surface area contributed by atoms with Gasteiger partial charge in [0.2, 0.25) is 0 Å². The SMILES string of the molecule is Fc1ccc(NCc2cc[nH]c2)cc1. The zero-order chi connectivity index (χ0) is 9.80. The maximum absolute atomic E-state index is 12.6. The van der Waals surface area contributed by atoms with E-state index in [2.05, 4.69) is 10.3 Å². The van der Waals surface area contributed by atoms with Crippen molar-refractivity contribution in [1.29, 1.82) is 0 Å². The van der Waals surface area contributed by atoms with Crippen molar-refractivity contribution in [3.63, 3.8) is 0 Å². The van der Waals surface area contributed by atoms with Gasteiger partial charge in [-0.3, -0.25) is 0 Å². The molecule has 0 saturated heterocycles. The highest BCUT2D eigenvalue weighted by Gasteiger charge is 1.94. The molecular formula is C11H11FN2.